The number of methoxy groups -OCH3 is 1. The zero-order valence-electron chi connectivity index (χ0n) is 16.3. The van der Waals surface area contributed by atoms with Gasteiger partial charge >= 0.3 is 6.09 Å². The minimum Gasteiger partial charge on any atom is -0.445 e. The molecule has 0 bridgehead atoms. The molecule has 1 fully saturated rings. The Morgan fingerprint density at radius 2 is 1.75 bits per heavy atom. The number of nitrogens with zero attached hydrogens (tertiary/aromatic N) is 2. The monoisotopic (exact) mass is 382 g/mol. The van der Waals surface area contributed by atoms with Gasteiger partial charge in [0.25, 0.3) is 0 Å². The Balaban J connectivity index is 1.74. The normalized spacial score (nSPS) is 17.2. The maximum atomic E-state index is 13.2. The van der Waals surface area contributed by atoms with E-state index in [4.69, 9.17) is 9.47 Å². The molecule has 6 heteroatoms. The van der Waals surface area contributed by atoms with Gasteiger partial charge in [0.15, 0.2) is 0 Å². The molecule has 1 heterocycles. The summed E-state index contributed by atoms with van der Waals surface area (Å²) < 4.78 is 10.8. The van der Waals surface area contributed by atoms with Crippen molar-refractivity contribution in [1.29, 1.82) is 0 Å². The van der Waals surface area contributed by atoms with Gasteiger partial charge in [0.1, 0.15) is 12.6 Å². The van der Waals surface area contributed by atoms with E-state index in [1.165, 1.54) is 4.90 Å². The molecular formula is C22H26N2O4. The molecule has 2 amide bonds. The molecule has 0 radical (unpaired) electrons. The van der Waals surface area contributed by atoms with Gasteiger partial charge in [-0.3, -0.25) is 9.69 Å². The lowest BCUT2D eigenvalue weighted by Gasteiger charge is -2.30. The number of hydrogen-bond donors (Lipinski definition) is 0. The summed E-state index contributed by atoms with van der Waals surface area (Å²) in [6.07, 6.45) is 0.301. The van der Waals surface area contributed by atoms with Crippen LogP contribution in [0.15, 0.2) is 60.7 Å². The first-order valence-electron chi connectivity index (χ1n) is 9.40. The van der Waals surface area contributed by atoms with E-state index in [9.17, 15) is 9.59 Å². The summed E-state index contributed by atoms with van der Waals surface area (Å²) >= 11 is 0. The highest BCUT2D eigenvalue weighted by Crippen LogP contribution is 2.25. The molecule has 3 rings (SSSR count). The van der Waals surface area contributed by atoms with Crippen LogP contribution in [-0.4, -0.2) is 55.2 Å². The molecule has 148 valence electrons. The minimum absolute atomic E-state index is 0.0377. The maximum absolute atomic E-state index is 13.2. The third-order valence-electron chi connectivity index (χ3n) is 5.02. The predicted molar refractivity (Wildman–Crippen MR) is 106 cm³/mol. The Morgan fingerprint density at radius 1 is 1.11 bits per heavy atom. The third-order valence-corrected chi connectivity index (χ3v) is 5.02. The highest BCUT2D eigenvalue weighted by Gasteiger charge is 2.36. The zero-order chi connectivity index (χ0) is 19.9. The van der Waals surface area contributed by atoms with E-state index in [0.29, 0.717) is 13.1 Å². The molecule has 0 saturated carbocycles. The van der Waals surface area contributed by atoms with Gasteiger partial charge in [0, 0.05) is 27.2 Å². The summed E-state index contributed by atoms with van der Waals surface area (Å²) in [5.41, 5.74) is 1.65. The van der Waals surface area contributed by atoms with Gasteiger partial charge in [0.05, 0.1) is 6.10 Å². The van der Waals surface area contributed by atoms with Crippen molar-refractivity contribution in [1.82, 2.24) is 9.80 Å². The Morgan fingerprint density at radius 3 is 2.36 bits per heavy atom. The van der Waals surface area contributed by atoms with Crippen LogP contribution in [0, 0.1) is 0 Å². The summed E-state index contributed by atoms with van der Waals surface area (Å²) in [5.74, 6) is -0.120. The fourth-order valence-electron chi connectivity index (χ4n) is 3.39. The molecule has 6 nitrogen and oxygen atoms in total. The first-order chi connectivity index (χ1) is 13.6. The standard InChI is InChI=1S/C22H26N2O4/c1-23(22(26)28-16-17-9-5-3-6-10-17)20(18-11-7-4-8-12-18)21(25)24-14-13-19(15-24)27-2/h3-12,19-20H,13-16H2,1-2H3/t19-,20?/m0/s1. The fourth-order valence-corrected chi connectivity index (χ4v) is 3.39. The van der Waals surface area contributed by atoms with Gasteiger partial charge in [-0.25, -0.2) is 4.79 Å². The van der Waals surface area contributed by atoms with Crippen LogP contribution in [-0.2, 0) is 20.9 Å². The van der Waals surface area contributed by atoms with Crippen molar-refractivity contribution in [2.75, 3.05) is 27.2 Å². The first-order valence-corrected chi connectivity index (χ1v) is 9.40. The van der Waals surface area contributed by atoms with Gasteiger partial charge < -0.3 is 14.4 Å². The van der Waals surface area contributed by atoms with Crippen molar-refractivity contribution in [2.24, 2.45) is 0 Å². The average molecular weight is 382 g/mol. The summed E-state index contributed by atoms with van der Waals surface area (Å²) in [4.78, 5) is 29.1. The molecule has 1 saturated heterocycles. The van der Waals surface area contributed by atoms with Crippen LogP contribution in [0.3, 0.4) is 0 Å². The Bertz CT molecular complexity index is 782. The quantitative estimate of drug-likeness (QED) is 0.770. The molecule has 0 N–H and O–H groups in total. The average Bonchev–Trinajstić information content (AvgIpc) is 3.23. The lowest BCUT2D eigenvalue weighted by Crippen LogP contribution is -2.43. The second-order valence-electron chi connectivity index (χ2n) is 6.89. The van der Waals surface area contributed by atoms with Gasteiger partial charge in [-0.15, -0.1) is 0 Å². The van der Waals surface area contributed by atoms with Crippen molar-refractivity contribution in [3.05, 3.63) is 71.8 Å². The molecule has 2 atom stereocenters. The van der Waals surface area contributed by atoms with E-state index in [1.807, 2.05) is 60.7 Å². The number of carbonyl (C=O) groups excluding carboxylic acids is 2. The van der Waals surface area contributed by atoms with Crippen LogP contribution in [0.25, 0.3) is 0 Å². The first kappa shape index (κ1) is 19.9. The molecule has 0 aromatic heterocycles. The predicted octanol–water partition coefficient (Wildman–Crippen LogP) is 3.24. The van der Waals surface area contributed by atoms with Crippen molar-refractivity contribution < 1.29 is 19.1 Å². The topological polar surface area (TPSA) is 59.1 Å². The van der Waals surface area contributed by atoms with E-state index >= 15 is 0 Å². The van der Waals surface area contributed by atoms with Crippen molar-refractivity contribution >= 4 is 12.0 Å². The SMILES string of the molecule is CO[C@H]1CCN(C(=O)C(c2ccccc2)N(C)C(=O)OCc2ccccc2)C1. The molecule has 28 heavy (non-hydrogen) atoms. The summed E-state index contributed by atoms with van der Waals surface area (Å²) in [7, 11) is 3.26. The van der Waals surface area contributed by atoms with Crippen LogP contribution in [0.2, 0.25) is 0 Å². The Labute approximate surface area is 165 Å². The molecule has 2 aromatic rings. The minimum atomic E-state index is -0.736. The molecule has 0 spiro atoms. The zero-order valence-corrected chi connectivity index (χ0v) is 16.3. The molecular weight excluding hydrogens is 356 g/mol. The molecule has 1 aliphatic heterocycles. The van der Waals surface area contributed by atoms with Crippen LogP contribution >= 0.6 is 0 Å². The molecule has 2 aromatic carbocycles. The smallest absolute Gasteiger partial charge is 0.410 e. The highest BCUT2D eigenvalue weighted by molar-refractivity contribution is 5.87. The van der Waals surface area contributed by atoms with E-state index in [2.05, 4.69) is 0 Å². The van der Waals surface area contributed by atoms with Gasteiger partial charge in [-0.2, -0.15) is 0 Å². The van der Waals surface area contributed by atoms with Crippen molar-refractivity contribution in [2.45, 2.75) is 25.2 Å². The van der Waals surface area contributed by atoms with Crippen LogP contribution < -0.4 is 0 Å². The third kappa shape index (κ3) is 4.70. The lowest BCUT2D eigenvalue weighted by atomic mass is 10.0. The maximum Gasteiger partial charge on any atom is 0.410 e. The Kier molecular flexibility index (Phi) is 6.66. The van der Waals surface area contributed by atoms with Gasteiger partial charge in [-0.1, -0.05) is 60.7 Å². The number of carbonyl (C=O) groups is 2. The van der Waals surface area contributed by atoms with E-state index in [1.54, 1.807) is 19.1 Å². The van der Waals surface area contributed by atoms with Gasteiger partial charge in [-0.05, 0) is 17.5 Å². The summed E-state index contributed by atoms with van der Waals surface area (Å²) in [5, 5.41) is 0. The van der Waals surface area contributed by atoms with E-state index < -0.39 is 12.1 Å². The summed E-state index contributed by atoms with van der Waals surface area (Å²) in [6.45, 7) is 1.31. The van der Waals surface area contributed by atoms with E-state index in [0.717, 1.165) is 17.5 Å². The highest BCUT2D eigenvalue weighted by atomic mass is 16.6. The molecule has 1 aliphatic rings. The van der Waals surface area contributed by atoms with Crippen LogP contribution in [0.5, 0.6) is 0 Å². The molecule has 0 aliphatic carbocycles. The number of likely N-dealkylation sites (tertiary alicyclic amines) is 1. The number of benzene rings is 2. The number of amides is 2. The lowest BCUT2D eigenvalue weighted by molar-refractivity contribution is -0.135. The van der Waals surface area contributed by atoms with E-state index in [-0.39, 0.29) is 18.6 Å². The summed E-state index contributed by atoms with van der Waals surface area (Å²) in [6, 6.07) is 18.1. The second kappa shape index (κ2) is 9.37. The van der Waals surface area contributed by atoms with Crippen LogP contribution in [0.4, 0.5) is 4.79 Å². The Hall–Kier alpha value is -2.86. The second-order valence-corrected chi connectivity index (χ2v) is 6.89. The molecule has 1 unspecified atom stereocenters. The number of hydrogen-bond acceptors (Lipinski definition) is 4. The number of ether oxygens (including phenoxy) is 2. The number of rotatable bonds is 6. The van der Waals surface area contributed by atoms with Crippen molar-refractivity contribution in [3.8, 4) is 0 Å². The van der Waals surface area contributed by atoms with Crippen LogP contribution in [0.1, 0.15) is 23.6 Å². The number of likely N-dealkylation sites (N-methyl/N-ethyl adjacent to an activating group) is 1. The van der Waals surface area contributed by atoms with Gasteiger partial charge in [0.2, 0.25) is 5.91 Å². The van der Waals surface area contributed by atoms with Crippen molar-refractivity contribution in [3.63, 3.8) is 0 Å². The fraction of sp³-hybridized carbons (Fsp3) is 0.364. The largest absolute Gasteiger partial charge is 0.445 e.